The quantitative estimate of drug-likeness (QED) is 0.739. The van der Waals surface area contributed by atoms with Gasteiger partial charge in [0.25, 0.3) is 0 Å². The third-order valence-electron chi connectivity index (χ3n) is 5.94. The third kappa shape index (κ3) is 2.73. The number of quaternary nitrogens is 1. The largest absolute Gasteiger partial charge is 0.341 e. The molecule has 24 heavy (non-hydrogen) atoms. The Hall–Kier alpha value is -1.80. The number of fused-ring (bicyclic) bond motifs is 3. The smallest absolute Gasteiger partial charge is 0.103 e. The zero-order chi connectivity index (χ0) is 16.5. The number of aromatic nitrogens is 1. The molecule has 0 radical (unpaired) electrons. The summed E-state index contributed by atoms with van der Waals surface area (Å²) in [5.74, 6) is 0. The number of nitrogens with one attached hydrogen (secondary N) is 1. The maximum Gasteiger partial charge on any atom is 0.103 e. The molecule has 2 aromatic carbocycles. The van der Waals surface area contributed by atoms with Crippen LogP contribution < -0.4 is 4.90 Å². The highest BCUT2D eigenvalue weighted by molar-refractivity contribution is 6.08. The standard InChI is InChI=1S/C22H28N2/c1-3-24-21-12-8-7-11-19(21)20-15-17(13-14-22(20)24)16-23(2)18-9-5-4-6-10-18/h7-8,11-15,18H,3-6,9-10,16H2,1-2H3/p+1. The lowest BCUT2D eigenvalue weighted by atomic mass is 9.94. The number of hydrogen-bond donors (Lipinski definition) is 1. The van der Waals surface area contributed by atoms with Crippen molar-refractivity contribution in [2.75, 3.05) is 7.05 Å². The van der Waals surface area contributed by atoms with Gasteiger partial charge in [-0.3, -0.25) is 0 Å². The maximum absolute atomic E-state index is 2.44. The molecule has 1 atom stereocenters. The van der Waals surface area contributed by atoms with Crippen molar-refractivity contribution in [1.29, 1.82) is 0 Å². The summed E-state index contributed by atoms with van der Waals surface area (Å²) < 4.78 is 2.44. The first-order valence-corrected chi connectivity index (χ1v) is 9.60. The lowest BCUT2D eigenvalue weighted by Gasteiger charge is -2.28. The summed E-state index contributed by atoms with van der Waals surface area (Å²) in [6.45, 7) is 4.41. The van der Waals surface area contributed by atoms with Crippen LogP contribution in [0, 0.1) is 0 Å². The van der Waals surface area contributed by atoms with Gasteiger partial charge in [-0.25, -0.2) is 0 Å². The lowest BCUT2D eigenvalue weighted by Crippen LogP contribution is -3.11. The zero-order valence-electron chi connectivity index (χ0n) is 15.0. The monoisotopic (exact) mass is 321 g/mol. The molecule has 0 bridgehead atoms. The van der Waals surface area contributed by atoms with Gasteiger partial charge >= 0.3 is 0 Å². The van der Waals surface area contributed by atoms with Gasteiger partial charge in [0.15, 0.2) is 0 Å². The fourth-order valence-corrected chi connectivity index (χ4v) is 4.61. The molecule has 0 saturated heterocycles. The van der Waals surface area contributed by atoms with Gasteiger partial charge in [0, 0.05) is 33.9 Å². The van der Waals surface area contributed by atoms with E-state index in [2.05, 4.69) is 61.0 Å². The summed E-state index contributed by atoms with van der Waals surface area (Å²) in [6.07, 6.45) is 7.09. The first kappa shape index (κ1) is 15.7. The van der Waals surface area contributed by atoms with Crippen molar-refractivity contribution < 1.29 is 4.90 Å². The second-order valence-electron chi connectivity index (χ2n) is 7.47. The van der Waals surface area contributed by atoms with Crippen molar-refractivity contribution >= 4 is 21.8 Å². The summed E-state index contributed by atoms with van der Waals surface area (Å²) in [5, 5.41) is 2.81. The van der Waals surface area contributed by atoms with Crippen molar-refractivity contribution in [3.63, 3.8) is 0 Å². The molecular formula is C22H29N2+. The van der Waals surface area contributed by atoms with Crippen molar-refractivity contribution in [1.82, 2.24) is 4.57 Å². The number of nitrogens with zero attached hydrogens (tertiary/aromatic N) is 1. The van der Waals surface area contributed by atoms with Crippen LogP contribution in [0.25, 0.3) is 21.8 Å². The molecule has 0 amide bonds. The van der Waals surface area contributed by atoms with Gasteiger partial charge in [-0.05, 0) is 50.8 Å². The van der Waals surface area contributed by atoms with Crippen LogP contribution in [0.2, 0.25) is 0 Å². The van der Waals surface area contributed by atoms with E-state index in [0.29, 0.717) is 0 Å². The molecule has 2 heteroatoms. The molecular weight excluding hydrogens is 292 g/mol. The van der Waals surface area contributed by atoms with Gasteiger partial charge in [-0.2, -0.15) is 0 Å². The van der Waals surface area contributed by atoms with Crippen LogP contribution in [-0.2, 0) is 13.1 Å². The fourth-order valence-electron chi connectivity index (χ4n) is 4.61. The number of aryl methyl sites for hydroxylation is 1. The molecule has 0 spiro atoms. The Balaban J connectivity index is 1.69. The second-order valence-corrected chi connectivity index (χ2v) is 7.47. The van der Waals surface area contributed by atoms with Gasteiger partial charge in [0.1, 0.15) is 6.54 Å². The van der Waals surface area contributed by atoms with Crippen LogP contribution in [0.1, 0.15) is 44.6 Å². The molecule has 126 valence electrons. The van der Waals surface area contributed by atoms with Gasteiger partial charge in [0.2, 0.25) is 0 Å². The Morgan fingerprint density at radius 3 is 2.50 bits per heavy atom. The van der Waals surface area contributed by atoms with Gasteiger partial charge < -0.3 is 9.47 Å². The Kier molecular flexibility index (Phi) is 4.32. The van der Waals surface area contributed by atoms with Crippen LogP contribution >= 0.6 is 0 Å². The highest BCUT2D eigenvalue weighted by Gasteiger charge is 2.21. The average molecular weight is 321 g/mol. The number of para-hydroxylation sites is 1. The van der Waals surface area contributed by atoms with E-state index in [1.807, 2.05) is 0 Å². The van der Waals surface area contributed by atoms with E-state index in [4.69, 9.17) is 0 Å². The molecule has 1 aliphatic carbocycles. The predicted octanol–water partition coefficient (Wildman–Crippen LogP) is 4.16. The first-order valence-electron chi connectivity index (χ1n) is 9.60. The Morgan fingerprint density at radius 2 is 1.71 bits per heavy atom. The average Bonchev–Trinajstić information content (AvgIpc) is 2.95. The van der Waals surface area contributed by atoms with E-state index in [1.165, 1.54) is 59.5 Å². The minimum atomic E-state index is 0.853. The normalized spacial score (nSPS) is 17.6. The van der Waals surface area contributed by atoms with Crippen LogP contribution in [0.15, 0.2) is 42.5 Å². The fraction of sp³-hybridized carbons (Fsp3) is 0.455. The highest BCUT2D eigenvalue weighted by atomic mass is 15.1. The molecule has 1 N–H and O–H groups in total. The van der Waals surface area contributed by atoms with E-state index < -0.39 is 0 Å². The summed E-state index contributed by atoms with van der Waals surface area (Å²) in [7, 11) is 2.38. The number of hydrogen-bond acceptors (Lipinski definition) is 0. The van der Waals surface area contributed by atoms with Gasteiger partial charge in [0.05, 0.1) is 13.1 Å². The molecule has 1 aliphatic rings. The van der Waals surface area contributed by atoms with Gasteiger partial charge in [-0.15, -0.1) is 0 Å². The molecule has 1 heterocycles. The van der Waals surface area contributed by atoms with Crippen LogP contribution in [0.5, 0.6) is 0 Å². The lowest BCUT2D eigenvalue weighted by molar-refractivity contribution is -0.921. The molecule has 1 unspecified atom stereocenters. The topological polar surface area (TPSA) is 9.37 Å². The summed E-state index contributed by atoms with van der Waals surface area (Å²) >= 11 is 0. The Bertz CT molecular complexity index is 840. The summed E-state index contributed by atoms with van der Waals surface area (Å²) in [6, 6.07) is 16.8. The summed E-state index contributed by atoms with van der Waals surface area (Å²) in [5.41, 5.74) is 4.21. The van der Waals surface area contributed by atoms with Crippen LogP contribution in [-0.4, -0.2) is 17.7 Å². The maximum atomic E-state index is 2.44. The van der Waals surface area contributed by atoms with E-state index >= 15 is 0 Å². The highest BCUT2D eigenvalue weighted by Crippen LogP contribution is 2.29. The molecule has 0 aliphatic heterocycles. The van der Waals surface area contributed by atoms with E-state index in [0.717, 1.165) is 19.1 Å². The summed E-state index contributed by atoms with van der Waals surface area (Å²) in [4.78, 5) is 1.69. The van der Waals surface area contributed by atoms with Gasteiger partial charge in [-0.1, -0.05) is 30.7 Å². The minimum Gasteiger partial charge on any atom is -0.341 e. The number of rotatable bonds is 4. The number of benzene rings is 2. The van der Waals surface area contributed by atoms with Crippen LogP contribution in [0.3, 0.4) is 0 Å². The van der Waals surface area contributed by atoms with E-state index in [1.54, 1.807) is 4.90 Å². The van der Waals surface area contributed by atoms with Crippen molar-refractivity contribution in [2.45, 2.75) is 58.2 Å². The molecule has 1 aromatic heterocycles. The second kappa shape index (κ2) is 6.60. The van der Waals surface area contributed by atoms with Crippen molar-refractivity contribution in [2.24, 2.45) is 0 Å². The zero-order valence-corrected chi connectivity index (χ0v) is 15.0. The van der Waals surface area contributed by atoms with Crippen molar-refractivity contribution in [3.05, 3.63) is 48.0 Å². The molecule has 2 nitrogen and oxygen atoms in total. The van der Waals surface area contributed by atoms with E-state index in [-0.39, 0.29) is 0 Å². The predicted molar refractivity (Wildman–Crippen MR) is 103 cm³/mol. The van der Waals surface area contributed by atoms with Crippen LogP contribution in [0.4, 0.5) is 0 Å². The van der Waals surface area contributed by atoms with Crippen molar-refractivity contribution in [3.8, 4) is 0 Å². The van der Waals surface area contributed by atoms with E-state index in [9.17, 15) is 0 Å². The SMILES string of the molecule is CCn1c2ccccc2c2cc(C[NH+](C)C3CCCCC3)ccc21. The molecule has 1 fully saturated rings. The molecule has 1 saturated carbocycles. The third-order valence-corrected chi connectivity index (χ3v) is 5.94. The molecule has 3 aromatic rings. The Labute approximate surface area is 145 Å². The Morgan fingerprint density at radius 1 is 0.958 bits per heavy atom. The first-order chi connectivity index (χ1) is 11.8. The minimum absolute atomic E-state index is 0.853. The molecule has 4 rings (SSSR count).